The van der Waals surface area contributed by atoms with Gasteiger partial charge in [-0.2, -0.15) is 5.10 Å². The van der Waals surface area contributed by atoms with Gasteiger partial charge in [0.1, 0.15) is 5.84 Å². The van der Waals surface area contributed by atoms with Crippen LogP contribution in [-0.4, -0.2) is 16.5 Å². The Bertz CT molecular complexity index is 652. The number of nitrogens with zero attached hydrogens (tertiary/aromatic N) is 3. The summed E-state index contributed by atoms with van der Waals surface area (Å²) in [6.45, 7) is 2.06. The molecule has 2 heterocycles. The molecule has 0 fully saturated rings. The summed E-state index contributed by atoms with van der Waals surface area (Å²) < 4.78 is 0. The van der Waals surface area contributed by atoms with E-state index in [0.29, 0.717) is 5.84 Å². The molecule has 1 aromatic carbocycles. The molecule has 18 heavy (non-hydrogen) atoms. The van der Waals surface area contributed by atoms with Gasteiger partial charge in [0.25, 0.3) is 0 Å². The largest absolute Gasteiger partial charge is 0.385 e. The highest BCUT2D eigenvalue weighted by molar-refractivity contribution is 6.12. The zero-order valence-corrected chi connectivity index (χ0v) is 10.2. The normalized spacial score (nSPS) is 19.5. The molecule has 2 aromatic rings. The molecule has 0 aliphatic carbocycles. The predicted octanol–water partition coefficient (Wildman–Crippen LogP) is 2.34. The summed E-state index contributed by atoms with van der Waals surface area (Å²) in [4.78, 5) is 4.27. The molecule has 4 nitrogen and oxygen atoms in total. The van der Waals surface area contributed by atoms with E-state index in [1.807, 2.05) is 24.5 Å². The van der Waals surface area contributed by atoms with Crippen molar-refractivity contribution in [1.82, 2.24) is 4.98 Å². The van der Waals surface area contributed by atoms with Gasteiger partial charge in [-0.1, -0.05) is 31.2 Å². The van der Waals surface area contributed by atoms with Crippen LogP contribution in [0.5, 0.6) is 0 Å². The molecule has 1 unspecified atom stereocenters. The minimum Gasteiger partial charge on any atom is -0.385 e. The van der Waals surface area contributed by atoms with Crippen molar-refractivity contribution in [1.29, 1.82) is 0 Å². The van der Waals surface area contributed by atoms with E-state index in [0.717, 1.165) is 28.5 Å². The Morgan fingerprint density at radius 1 is 1.17 bits per heavy atom. The fourth-order valence-electron chi connectivity index (χ4n) is 2.16. The first-order valence-electron chi connectivity index (χ1n) is 5.98. The second-order valence-electron chi connectivity index (χ2n) is 4.58. The SMILES string of the molecule is CC1CC(c2cncc3ccccc23)=NN=C1N. The Morgan fingerprint density at radius 2 is 2.00 bits per heavy atom. The van der Waals surface area contributed by atoms with Gasteiger partial charge in [-0.05, 0) is 5.39 Å². The molecule has 1 atom stereocenters. The number of benzene rings is 1. The highest BCUT2D eigenvalue weighted by atomic mass is 15.2. The average Bonchev–Trinajstić information content (AvgIpc) is 2.41. The molecule has 0 radical (unpaired) electrons. The summed E-state index contributed by atoms with van der Waals surface area (Å²) in [6, 6.07) is 8.17. The van der Waals surface area contributed by atoms with E-state index in [1.54, 1.807) is 0 Å². The lowest BCUT2D eigenvalue weighted by Crippen LogP contribution is -2.26. The van der Waals surface area contributed by atoms with E-state index in [4.69, 9.17) is 5.73 Å². The molecule has 0 saturated heterocycles. The van der Waals surface area contributed by atoms with Crippen LogP contribution in [0.25, 0.3) is 10.8 Å². The van der Waals surface area contributed by atoms with Crippen molar-refractivity contribution in [2.24, 2.45) is 21.9 Å². The maximum absolute atomic E-state index is 5.76. The van der Waals surface area contributed by atoms with E-state index >= 15 is 0 Å². The van der Waals surface area contributed by atoms with Crippen LogP contribution < -0.4 is 5.73 Å². The molecule has 4 heteroatoms. The molecule has 2 N–H and O–H groups in total. The average molecular weight is 238 g/mol. The second kappa shape index (κ2) is 4.22. The lowest BCUT2D eigenvalue weighted by atomic mass is 9.95. The van der Waals surface area contributed by atoms with Crippen molar-refractivity contribution in [3.8, 4) is 0 Å². The van der Waals surface area contributed by atoms with Gasteiger partial charge in [0.05, 0.1) is 5.71 Å². The first-order valence-corrected chi connectivity index (χ1v) is 5.98. The van der Waals surface area contributed by atoms with Crippen molar-refractivity contribution in [3.63, 3.8) is 0 Å². The minimum absolute atomic E-state index is 0.233. The van der Waals surface area contributed by atoms with Crippen LogP contribution in [0.2, 0.25) is 0 Å². The second-order valence-corrected chi connectivity index (χ2v) is 4.58. The number of aromatic nitrogens is 1. The zero-order valence-electron chi connectivity index (χ0n) is 10.2. The maximum Gasteiger partial charge on any atom is 0.125 e. The monoisotopic (exact) mass is 238 g/mol. The Kier molecular flexibility index (Phi) is 2.55. The number of nitrogens with two attached hydrogens (primary N) is 1. The topological polar surface area (TPSA) is 63.6 Å². The molecule has 0 spiro atoms. The van der Waals surface area contributed by atoms with Gasteiger partial charge in [-0.25, -0.2) is 0 Å². The Labute approximate surface area is 105 Å². The first-order chi connectivity index (χ1) is 8.75. The summed E-state index contributed by atoms with van der Waals surface area (Å²) in [6.07, 6.45) is 4.53. The van der Waals surface area contributed by atoms with Crippen LogP contribution >= 0.6 is 0 Å². The number of amidine groups is 1. The van der Waals surface area contributed by atoms with Gasteiger partial charge < -0.3 is 5.73 Å². The van der Waals surface area contributed by atoms with Crippen LogP contribution in [0.3, 0.4) is 0 Å². The van der Waals surface area contributed by atoms with Crippen LogP contribution in [0.4, 0.5) is 0 Å². The van der Waals surface area contributed by atoms with Crippen molar-refractivity contribution in [2.75, 3.05) is 0 Å². The molecule has 90 valence electrons. The van der Waals surface area contributed by atoms with E-state index in [1.165, 1.54) is 0 Å². The van der Waals surface area contributed by atoms with E-state index in [2.05, 4.69) is 34.2 Å². The molecule has 0 saturated carbocycles. The van der Waals surface area contributed by atoms with Gasteiger partial charge >= 0.3 is 0 Å². The molecule has 3 rings (SSSR count). The number of hydrogen-bond donors (Lipinski definition) is 1. The molecule has 1 aliphatic heterocycles. The number of hydrogen-bond acceptors (Lipinski definition) is 4. The Morgan fingerprint density at radius 3 is 2.83 bits per heavy atom. The summed E-state index contributed by atoms with van der Waals surface area (Å²) in [7, 11) is 0. The van der Waals surface area contributed by atoms with Gasteiger partial charge in [0, 0.05) is 35.7 Å². The minimum atomic E-state index is 0.233. The van der Waals surface area contributed by atoms with Crippen molar-refractivity contribution in [3.05, 3.63) is 42.2 Å². The first kappa shape index (κ1) is 10.9. The van der Waals surface area contributed by atoms with E-state index in [9.17, 15) is 0 Å². The van der Waals surface area contributed by atoms with Crippen molar-refractivity contribution >= 4 is 22.3 Å². The molecule has 0 bridgehead atoms. The van der Waals surface area contributed by atoms with Gasteiger partial charge in [0.2, 0.25) is 0 Å². The molecule has 1 aliphatic rings. The van der Waals surface area contributed by atoms with Gasteiger partial charge in [-0.3, -0.25) is 4.98 Å². The van der Waals surface area contributed by atoms with Crippen LogP contribution in [0.15, 0.2) is 46.9 Å². The zero-order chi connectivity index (χ0) is 12.5. The third-order valence-electron chi connectivity index (χ3n) is 3.27. The smallest absolute Gasteiger partial charge is 0.125 e. The summed E-state index contributed by atoms with van der Waals surface area (Å²) in [5, 5.41) is 10.5. The van der Waals surface area contributed by atoms with E-state index in [-0.39, 0.29) is 5.92 Å². The number of fused-ring (bicyclic) bond motifs is 1. The Hall–Kier alpha value is -2.23. The quantitative estimate of drug-likeness (QED) is 0.828. The summed E-state index contributed by atoms with van der Waals surface area (Å²) >= 11 is 0. The standard InChI is InChI=1S/C14H14N4/c1-9-6-13(17-18-14(9)15)12-8-16-7-10-4-2-3-5-11(10)12/h2-5,7-9H,6H2,1H3,(H2,15,18). The highest BCUT2D eigenvalue weighted by Crippen LogP contribution is 2.22. The molecular weight excluding hydrogens is 224 g/mol. The van der Waals surface area contributed by atoms with Crippen molar-refractivity contribution in [2.45, 2.75) is 13.3 Å². The molecule has 1 aromatic heterocycles. The van der Waals surface area contributed by atoms with E-state index < -0.39 is 0 Å². The van der Waals surface area contributed by atoms with Crippen LogP contribution in [-0.2, 0) is 0 Å². The predicted molar refractivity (Wildman–Crippen MR) is 73.7 cm³/mol. The Balaban J connectivity index is 2.16. The summed E-state index contributed by atoms with van der Waals surface area (Å²) in [5.74, 6) is 0.836. The molecule has 0 amide bonds. The molecular formula is C14H14N4. The van der Waals surface area contributed by atoms with Gasteiger partial charge in [0.15, 0.2) is 0 Å². The highest BCUT2D eigenvalue weighted by Gasteiger charge is 2.18. The van der Waals surface area contributed by atoms with Crippen LogP contribution in [0, 0.1) is 5.92 Å². The fourth-order valence-corrected chi connectivity index (χ4v) is 2.16. The fraction of sp³-hybridized carbons (Fsp3) is 0.214. The lowest BCUT2D eigenvalue weighted by Gasteiger charge is -2.16. The third kappa shape index (κ3) is 1.76. The number of pyridine rings is 1. The third-order valence-corrected chi connectivity index (χ3v) is 3.27. The van der Waals surface area contributed by atoms with Crippen molar-refractivity contribution < 1.29 is 0 Å². The number of rotatable bonds is 1. The maximum atomic E-state index is 5.76. The van der Waals surface area contributed by atoms with Gasteiger partial charge in [-0.15, -0.1) is 5.10 Å². The van der Waals surface area contributed by atoms with Crippen LogP contribution in [0.1, 0.15) is 18.9 Å². The lowest BCUT2D eigenvalue weighted by molar-refractivity contribution is 0.779. The summed E-state index contributed by atoms with van der Waals surface area (Å²) in [5.41, 5.74) is 7.77.